The number of aryl methyl sites for hydroxylation is 1. The lowest BCUT2D eigenvalue weighted by atomic mass is 9.87. The van der Waals surface area contributed by atoms with Crippen molar-refractivity contribution in [2.45, 2.75) is 25.8 Å². The van der Waals surface area contributed by atoms with Gasteiger partial charge in [0.25, 0.3) is 0 Å². The molecule has 0 amide bonds. The molecule has 2 N–H and O–H groups in total. The van der Waals surface area contributed by atoms with Gasteiger partial charge >= 0.3 is 5.97 Å². The van der Waals surface area contributed by atoms with Crippen molar-refractivity contribution >= 4 is 11.7 Å². The topological polar surface area (TPSA) is 49.3 Å². The van der Waals surface area contributed by atoms with E-state index < -0.39 is 11.5 Å². The molecule has 20 heavy (non-hydrogen) atoms. The third kappa shape index (κ3) is 2.67. The Hall–Kier alpha value is -2.29. The number of carbonyl (C=O) groups is 1. The quantitative estimate of drug-likeness (QED) is 0.868. The summed E-state index contributed by atoms with van der Waals surface area (Å²) in [6, 6.07) is 17.1. The Morgan fingerprint density at radius 1 is 1.15 bits per heavy atom. The summed E-state index contributed by atoms with van der Waals surface area (Å²) in [6.45, 7) is 3.87. The van der Waals surface area contributed by atoms with Crippen LogP contribution < -0.4 is 5.32 Å². The van der Waals surface area contributed by atoms with Gasteiger partial charge in [-0.15, -0.1) is 0 Å². The summed E-state index contributed by atoms with van der Waals surface area (Å²) in [5.41, 5.74) is 1.57. The van der Waals surface area contributed by atoms with E-state index in [0.29, 0.717) is 6.42 Å². The van der Waals surface area contributed by atoms with Crippen molar-refractivity contribution in [3.05, 3.63) is 65.7 Å². The highest BCUT2D eigenvalue weighted by atomic mass is 16.4. The molecular weight excluding hydrogens is 250 g/mol. The van der Waals surface area contributed by atoms with Gasteiger partial charge in [-0.25, -0.2) is 4.79 Å². The fraction of sp³-hybridized carbons (Fsp3) is 0.235. The molecule has 0 aromatic heterocycles. The predicted octanol–water partition coefficient (Wildman–Crippen LogP) is 3.80. The zero-order chi connectivity index (χ0) is 14.6. The van der Waals surface area contributed by atoms with Gasteiger partial charge in [0.1, 0.15) is 0 Å². The van der Waals surface area contributed by atoms with Crippen molar-refractivity contribution in [2.75, 3.05) is 5.32 Å². The summed E-state index contributed by atoms with van der Waals surface area (Å²) in [5.74, 6) is -0.868. The van der Waals surface area contributed by atoms with E-state index in [4.69, 9.17) is 0 Å². The smallest absolute Gasteiger partial charge is 0.334 e. The number of rotatable bonds is 5. The van der Waals surface area contributed by atoms with E-state index in [1.54, 1.807) is 0 Å². The first-order chi connectivity index (χ1) is 9.58. The van der Waals surface area contributed by atoms with Crippen LogP contribution >= 0.6 is 0 Å². The number of nitrogens with one attached hydrogen (secondary N) is 1. The molecule has 0 heterocycles. The maximum Gasteiger partial charge on any atom is 0.334 e. The molecule has 0 spiro atoms. The summed E-state index contributed by atoms with van der Waals surface area (Å²) in [6.07, 6.45) is 0.459. The van der Waals surface area contributed by atoms with Gasteiger partial charge in [-0.05, 0) is 36.6 Å². The maximum absolute atomic E-state index is 11.9. The molecule has 0 saturated carbocycles. The van der Waals surface area contributed by atoms with Gasteiger partial charge in [0, 0.05) is 5.69 Å². The molecule has 3 nitrogen and oxygen atoms in total. The number of benzene rings is 2. The fourth-order valence-electron chi connectivity index (χ4n) is 2.38. The summed E-state index contributed by atoms with van der Waals surface area (Å²) < 4.78 is 0. The fourth-order valence-corrected chi connectivity index (χ4v) is 2.38. The van der Waals surface area contributed by atoms with Gasteiger partial charge in [0.15, 0.2) is 5.54 Å². The molecule has 1 atom stereocenters. The van der Waals surface area contributed by atoms with E-state index in [0.717, 1.165) is 16.8 Å². The lowest BCUT2D eigenvalue weighted by Crippen LogP contribution is -2.43. The zero-order valence-electron chi connectivity index (χ0n) is 11.8. The van der Waals surface area contributed by atoms with Crippen molar-refractivity contribution in [2.24, 2.45) is 0 Å². The number of carboxylic acids is 1. The molecule has 0 saturated heterocycles. The SMILES string of the molecule is CCC(Nc1cccc(C)c1)(C(=O)O)c1ccccc1. The minimum atomic E-state index is -1.10. The molecule has 0 fully saturated rings. The van der Waals surface area contributed by atoms with E-state index in [2.05, 4.69) is 5.32 Å². The molecule has 0 radical (unpaired) electrons. The van der Waals surface area contributed by atoms with Gasteiger partial charge in [-0.1, -0.05) is 49.4 Å². The van der Waals surface area contributed by atoms with Crippen molar-refractivity contribution < 1.29 is 9.90 Å². The van der Waals surface area contributed by atoms with Gasteiger partial charge in [-0.3, -0.25) is 0 Å². The van der Waals surface area contributed by atoms with Crippen LogP contribution in [0.25, 0.3) is 0 Å². The average molecular weight is 269 g/mol. The third-order valence-corrected chi connectivity index (χ3v) is 3.54. The largest absolute Gasteiger partial charge is 0.479 e. The molecule has 0 aliphatic rings. The van der Waals surface area contributed by atoms with E-state index in [1.807, 2.05) is 68.4 Å². The normalized spacial score (nSPS) is 13.5. The third-order valence-electron chi connectivity index (χ3n) is 3.54. The van der Waals surface area contributed by atoms with E-state index in [9.17, 15) is 9.90 Å². The highest BCUT2D eigenvalue weighted by Crippen LogP contribution is 2.30. The Morgan fingerprint density at radius 3 is 2.40 bits per heavy atom. The summed E-state index contributed by atoms with van der Waals surface area (Å²) in [5, 5.41) is 12.9. The van der Waals surface area contributed by atoms with Crippen LogP contribution in [-0.2, 0) is 10.3 Å². The molecule has 104 valence electrons. The first-order valence-electron chi connectivity index (χ1n) is 6.72. The number of anilines is 1. The number of carboxylic acid groups (broad SMARTS) is 1. The Balaban J connectivity index is 2.45. The highest BCUT2D eigenvalue weighted by Gasteiger charge is 2.38. The van der Waals surface area contributed by atoms with Crippen molar-refractivity contribution in [1.82, 2.24) is 0 Å². The molecule has 1 unspecified atom stereocenters. The minimum Gasteiger partial charge on any atom is -0.479 e. The second kappa shape index (κ2) is 5.78. The van der Waals surface area contributed by atoms with Crippen LogP contribution in [0.1, 0.15) is 24.5 Å². The van der Waals surface area contributed by atoms with Gasteiger partial charge in [0.2, 0.25) is 0 Å². The van der Waals surface area contributed by atoms with Crippen LogP contribution in [0.15, 0.2) is 54.6 Å². The molecule has 2 aromatic rings. The van der Waals surface area contributed by atoms with Crippen LogP contribution in [-0.4, -0.2) is 11.1 Å². The van der Waals surface area contributed by atoms with Crippen molar-refractivity contribution in [1.29, 1.82) is 0 Å². The van der Waals surface area contributed by atoms with Gasteiger partial charge < -0.3 is 10.4 Å². The molecule has 2 aromatic carbocycles. The lowest BCUT2D eigenvalue weighted by Gasteiger charge is -2.31. The molecule has 3 heteroatoms. The minimum absolute atomic E-state index is 0.459. The summed E-state index contributed by atoms with van der Waals surface area (Å²) in [4.78, 5) is 11.9. The highest BCUT2D eigenvalue weighted by molar-refractivity contribution is 5.84. The molecule has 0 aliphatic carbocycles. The van der Waals surface area contributed by atoms with Crippen LogP contribution in [0, 0.1) is 6.92 Å². The van der Waals surface area contributed by atoms with E-state index >= 15 is 0 Å². The standard InChI is InChI=1S/C17H19NO2/c1-3-17(16(19)20,14-9-5-4-6-10-14)18-15-11-7-8-13(2)12-15/h4-12,18H,3H2,1-2H3,(H,19,20). The van der Waals surface area contributed by atoms with Gasteiger partial charge in [0.05, 0.1) is 0 Å². The monoisotopic (exact) mass is 269 g/mol. The number of aliphatic carboxylic acids is 1. The van der Waals surface area contributed by atoms with Crippen LogP contribution in [0.3, 0.4) is 0 Å². The Morgan fingerprint density at radius 2 is 1.85 bits per heavy atom. The summed E-state index contributed by atoms with van der Waals surface area (Å²) >= 11 is 0. The number of hydrogen-bond donors (Lipinski definition) is 2. The maximum atomic E-state index is 11.9. The average Bonchev–Trinajstić information content (AvgIpc) is 2.45. The lowest BCUT2D eigenvalue weighted by molar-refractivity contribution is -0.142. The van der Waals surface area contributed by atoms with Crippen molar-refractivity contribution in [3.8, 4) is 0 Å². The second-order valence-corrected chi connectivity index (χ2v) is 4.92. The number of hydrogen-bond acceptors (Lipinski definition) is 2. The van der Waals surface area contributed by atoms with Crippen LogP contribution in [0.5, 0.6) is 0 Å². The van der Waals surface area contributed by atoms with Crippen molar-refractivity contribution in [3.63, 3.8) is 0 Å². The molecule has 0 aliphatic heterocycles. The molecule has 0 bridgehead atoms. The first-order valence-corrected chi connectivity index (χ1v) is 6.72. The van der Waals surface area contributed by atoms with E-state index in [-0.39, 0.29) is 0 Å². The Labute approximate surface area is 119 Å². The second-order valence-electron chi connectivity index (χ2n) is 4.92. The van der Waals surface area contributed by atoms with E-state index in [1.165, 1.54) is 0 Å². The Bertz CT molecular complexity index is 595. The Kier molecular flexibility index (Phi) is 4.08. The van der Waals surface area contributed by atoms with Crippen LogP contribution in [0.2, 0.25) is 0 Å². The first kappa shape index (κ1) is 14.1. The predicted molar refractivity (Wildman–Crippen MR) is 80.8 cm³/mol. The molecule has 2 rings (SSSR count). The molecular formula is C17H19NO2. The summed E-state index contributed by atoms with van der Waals surface area (Å²) in [7, 11) is 0. The van der Waals surface area contributed by atoms with Gasteiger partial charge in [-0.2, -0.15) is 0 Å². The zero-order valence-corrected chi connectivity index (χ0v) is 11.8. The van der Waals surface area contributed by atoms with Crippen LogP contribution in [0.4, 0.5) is 5.69 Å².